The summed E-state index contributed by atoms with van der Waals surface area (Å²) in [6.07, 6.45) is 6.91. The number of esters is 1. The van der Waals surface area contributed by atoms with Crippen LogP contribution in [0.3, 0.4) is 0 Å². The number of carbonyl (C=O) groups excluding carboxylic acids is 2. The first-order valence-corrected chi connectivity index (χ1v) is 6.88. The van der Waals surface area contributed by atoms with Gasteiger partial charge in [0.2, 0.25) is 0 Å². The molecule has 0 aromatic rings. The van der Waals surface area contributed by atoms with Crippen LogP contribution in [0.25, 0.3) is 0 Å². The van der Waals surface area contributed by atoms with Gasteiger partial charge in [-0.05, 0) is 32.6 Å². The number of hydrogen-bond donors (Lipinski definition) is 0. The molecule has 0 amide bonds. The fraction of sp³-hybridized carbons (Fsp3) is 0.733. The summed E-state index contributed by atoms with van der Waals surface area (Å²) in [6.45, 7) is 2.19. The molecule has 0 radical (unpaired) electrons. The summed E-state index contributed by atoms with van der Waals surface area (Å²) in [5, 5.41) is 0. The fourth-order valence-corrected chi connectivity index (χ4v) is 2.23. The molecular weight excluding hydrogens is 228 g/mol. The highest BCUT2D eigenvalue weighted by molar-refractivity contribution is 5.81. The quantitative estimate of drug-likeness (QED) is 0.428. The van der Waals surface area contributed by atoms with Crippen LogP contribution in [0.1, 0.15) is 58.3 Å². The molecule has 0 heterocycles. The van der Waals surface area contributed by atoms with E-state index in [1.165, 1.54) is 6.42 Å². The highest BCUT2D eigenvalue weighted by Gasteiger charge is 2.20. The van der Waals surface area contributed by atoms with E-state index in [-0.39, 0.29) is 18.3 Å². The fourth-order valence-electron chi connectivity index (χ4n) is 2.23. The van der Waals surface area contributed by atoms with Crippen LogP contribution < -0.4 is 0 Å². The SMILES string of the molecule is CCOC(=O)CC#CCCCC1CCCCC1=O. The van der Waals surface area contributed by atoms with Crippen molar-refractivity contribution in [1.82, 2.24) is 0 Å². The monoisotopic (exact) mass is 250 g/mol. The normalized spacial score (nSPS) is 18.9. The van der Waals surface area contributed by atoms with Crippen LogP contribution in [0.5, 0.6) is 0 Å². The second kappa shape index (κ2) is 8.74. The van der Waals surface area contributed by atoms with Crippen LogP contribution in [-0.4, -0.2) is 18.4 Å². The molecule has 3 nitrogen and oxygen atoms in total. The lowest BCUT2D eigenvalue weighted by molar-refractivity contribution is -0.141. The topological polar surface area (TPSA) is 43.4 Å². The Hall–Kier alpha value is -1.30. The third-order valence-corrected chi connectivity index (χ3v) is 3.20. The minimum absolute atomic E-state index is 0.177. The first-order chi connectivity index (χ1) is 8.74. The molecule has 0 bridgehead atoms. The van der Waals surface area contributed by atoms with Gasteiger partial charge in [-0.3, -0.25) is 9.59 Å². The lowest BCUT2D eigenvalue weighted by Gasteiger charge is -2.19. The molecule has 1 aliphatic carbocycles. The van der Waals surface area contributed by atoms with E-state index in [4.69, 9.17) is 4.74 Å². The molecule has 0 saturated heterocycles. The predicted molar refractivity (Wildman–Crippen MR) is 69.8 cm³/mol. The lowest BCUT2D eigenvalue weighted by atomic mass is 9.84. The van der Waals surface area contributed by atoms with Crippen molar-refractivity contribution in [3.8, 4) is 11.8 Å². The molecule has 18 heavy (non-hydrogen) atoms. The number of carbonyl (C=O) groups is 2. The van der Waals surface area contributed by atoms with Crippen molar-refractivity contribution in [2.45, 2.75) is 58.3 Å². The van der Waals surface area contributed by atoms with E-state index in [2.05, 4.69) is 11.8 Å². The number of ketones is 1. The van der Waals surface area contributed by atoms with Crippen molar-refractivity contribution >= 4 is 11.8 Å². The van der Waals surface area contributed by atoms with Crippen LogP contribution in [0.4, 0.5) is 0 Å². The molecule has 0 aromatic carbocycles. The summed E-state index contributed by atoms with van der Waals surface area (Å²) in [7, 11) is 0. The Bertz CT molecular complexity index is 335. The average Bonchev–Trinajstić information content (AvgIpc) is 2.36. The van der Waals surface area contributed by atoms with Gasteiger partial charge in [0.25, 0.3) is 0 Å². The van der Waals surface area contributed by atoms with Crippen LogP contribution in [0, 0.1) is 17.8 Å². The van der Waals surface area contributed by atoms with Crippen molar-refractivity contribution in [3.63, 3.8) is 0 Å². The number of hydrogen-bond acceptors (Lipinski definition) is 3. The molecule has 1 aliphatic rings. The van der Waals surface area contributed by atoms with Gasteiger partial charge in [-0.2, -0.15) is 0 Å². The summed E-state index contributed by atoms with van der Waals surface area (Å²) >= 11 is 0. The van der Waals surface area contributed by atoms with Crippen molar-refractivity contribution in [3.05, 3.63) is 0 Å². The van der Waals surface area contributed by atoms with E-state index in [0.717, 1.165) is 38.5 Å². The largest absolute Gasteiger partial charge is 0.465 e. The second-order valence-corrected chi connectivity index (χ2v) is 4.64. The van der Waals surface area contributed by atoms with E-state index in [0.29, 0.717) is 12.4 Å². The molecule has 1 rings (SSSR count). The number of rotatable bonds is 5. The Kier molecular flexibility index (Phi) is 7.17. The zero-order valence-electron chi connectivity index (χ0n) is 11.2. The van der Waals surface area contributed by atoms with Gasteiger partial charge >= 0.3 is 5.97 Å². The van der Waals surface area contributed by atoms with E-state index in [1.54, 1.807) is 6.92 Å². The zero-order valence-corrected chi connectivity index (χ0v) is 11.2. The maximum absolute atomic E-state index is 11.6. The highest BCUT2D eigenvalue weighted by Crippen LogP contribution is 2.24. The minimum atomic E-state index is -0.257. The molecule has 0 N–H and O–H groups in total. The molecule has 3 heteroatoms. The van der Waals surface area contributed by atoms with Crippen molar-refractivity contribution < 1.29 is 14.3 Å². The van der Waals surface area contributed by atoms with Gasteiger partial charge < -0.3 is 4.74 Å². The van der Waals surface area contributed by atoms with E-state index < -0.39 is 0 Å². The summed E-state index contributed by atoms with van der Waals surface area (Å²) in [5.41, 5.74) is 0. The molecule has 1 atom stereocenters. The average molecular weight is 250 g/mol. The number of unbranched alkanes of at least 4 members (excludes halogenated alkanes) is 1. The van der Waals surface area contributed by atoms with Crippen molar-refractivity contribution in [2.75, 3.05) is 6.61 Å². The smallest absolute Gasteiger partial charge is 0.317 e. The molecule has 1 saturated carbocycles. The minimum Gasteiger partial charge on any atom is -0.465 e. The van der Waals surface area contributed by atoms with E-state index in [1.807, 2.05) is 0 Å². The van der Waals surface area contributed by atoms with Gasteiger partial charge in [0, 0.05) is 18.8 Å². The summed E-state index contributed by atoms with van der Waals surface area (Å²) in [5.74, 6) is 6.22. The Balaban J connectivity index is 2.09. The maximum Gasteiger partial charge on any atom is 0.317 e. The van der Waals surface area contributed by atoms with Crippen molar-refractivity contribution in [1.29, 1.82) is 0 Å². The van der Waals surface area contributed by atoms with Crippen molar-refractivity contribution in [2.24, 2.45) is 5.92 Å². The lowest BCUT2D eigenvalue weighted by Crippen LogP contribution is -2.18. The summed E-state index contributed by atoms with van der Waals surface area (Å²) < 4.78 is 4.77. The maximum atomic E-state index is 11.6. The molecule has 0 aliphatic heterocycles. The summed E-state index contributed by atoms with van der Waals surface area (Å²) in [6, 6.07) is 0. The first-order valence-electron chi connectivity index (χ1n) is 6.88. The van der Waals surface area contributed by atoms with Crippen LogP contribution >= 0.6 is 0 Å². The Labute approximate surface area is 109 Å². The van der Waals surface area contributed by atoms with Gasteiger partial charge in [0.15, 0.2) is 0 Å². The predicted octanol–water partition coefficient (Wildman–Crippen LogP) is 2.87. The third kappa shape index (κ3) is 5.86. The Morgan fingerprint density at radius 1 is 1.39 bits per heavy atom. The molecular formula is C15H22O3. The van der Waals surface area contributed by atoms with Gasteiger partial charge in [0.05, 0.1) is 6.61 Å². The molecule has 1 fully saturated rings. The van der Waals surface area contributed by atoms with Crippen LogP contribution in [-0.2, 0) is 14.3 Å². The third-order valence-electron chi connectivity index (χ3n) is 3.20. The van der Waals surface area contributed by atoms with E-state index >= 15 is 0 Å². The Morgan fingerprint density at radius 2 is 2.22 bits per heavy atom. The van der Waals surface area contributed by atoms with E-state index in [9.17, 15) is 9.59 Å². The van der Waals surface area contributed by atoms with Gasteiger partial charge in [-0.25, -0.2) is 0 Å². The molecule has 1 unspecified atom stereocenters. The number of Topliss-reactive ketones (excluding diaryl/α,β-unsaturated/α-hetero) is 1. The van der Waals surface area contributed by atoms with Gasteiger partial charge in [-0.15, -0.1) is 5.92 Å². The highest BCUT2D eigenvalue weighted by atomic mass is 16.5. The van der Waals surface area contributed by atoms with Crippen LogP contribution in [0.2, 0.25) is 0 Å². The Morgan fingerprint density at radius 3 is 2.94 bits per heavy atom. The van der Waals surface area contributed by atoms with Gasteiger partial charge in [-0.1, -0.05) is 12.3 Å². The second-order valence-electron chi connectivity index (χ2n) is 4.64. The first kappa shape index (κ1) is 14.8. The van der Waals surface area contributed by atoms with Gasteiger partial charge in [0.1, 0.15) is 12.2 Å². The standard InChI is InChI=1S/C15H22O3/c1-2-18-15(17)12-6-4-3-5-9-13-10-7-8-11-14(13)16/h13H,2-3,5,7-12H2,1H3. The number of ether oxygens (including phenoxy) is 1. The van der Waals surface area contributed by atoms with Crippen LogP contribution in [0.15, 0.2) is 0 Å². The molecule has 0 aromatic heterocycles. The molecule has 100 valence electrons. The summed E-state index contributed by atoms with van der Waals surface area (Å²) in [4.78, 5) is 22.6. The molecule has 0 spiro atoms. The zero-order chi connectivity index (χ0) is 13.2.